The molecule has 8 nitrogen and oxygen atoms in total. The zero-order valence-electron chi connectivity index (χ0n) is 15.6. The maximum Gasteiger partial charge on any atom is 0.316 e. The van der Waals surface area contributed by atoms with Gasteiger partial charge in [0.05, 0.1) is 4.90 Å². The fourth-order valence-corrected chi connectivity index (χ4v) is 6.10. The van der Waals surface area contributed by atoms with Gasteiger partial charge in [-0.05, 0) is 44.2 Å². The maximum atomic E-state index is 12.9. The van der Waals surface area contributed by atoms with Gasteiger partial charge in [0.1, 0.15) is 0 Å². The number of primary amides is 1. The van der Waals surface area contributed by atoms with Crippen LogP contribution in [-0.4, -0.2) is 55.7 Å². The second-order valence-electron chi connectivity index (χ2n) is 6.54. The Morgan fingerprint density at radius 1 is 1.07 bits per heavy atom. The van der Waals surface area contributed by atoms with Crippen molar-refractivity contribution >= 4 is 39.0 Å². The lowest BCUT2D eigenvalue weighted by Crippen LogP contribution is -2.50. The van der Waals surface area contributed by atoms with Crippen molar-refractivity contribution < 1.29 is 18.0 Å². The Hall–Kier alpha value is -2.43. The fourth-order valence-electron chi connectivity index (χ4n) is 3.16. The maximum absolute atomic E-state index is 12.9. The molecule has 1 aromatic heterocycles. The van der Waals surface area contributed by atoms with Gasteiger partial charge in [-0.3, -0.25) is 4.79 Å². The molecule has 150 valence electrons. The number of nitrogens with zero attached hydrogens (tertiary/aromatic N) is 2. The van der Waals surface area contributed by atoms with Crippen LogP contribution in [-0.2, 0) is 10.0 Å². The number of thiophene rings is 1. The minimum atomic E-state index is -3.55. The van der Waals surface area contributed by atoms with Crippen molar-refractivity contribution in [3.05, 3.63) is 45.6 Å². The summed E-state index contributed by atoms with van der Waals surface area (Å²) in [5, 5.41) is 2.44. The van der Waals surface area contributed by atoms with Crippen molar-refractivity contribution in [1.82, 2.24) is 9.21 Å². The topological polar surface area (TPSA) is 113 Å². The van der Waals surface area contributed by atoms with E-state index in [9.17, 15) is 18.0 Å². The number of nitrogens with two attached hydrogens (primary N) is 1. The Balaban J connectivity index is 1.65. The number of nitrogens with one attached hydrogen (secondary N) is 1. The van der Waals surface area contributed by atoms with Crippen LogP contribution in [0.2, 0.25) is 0 Å². The van der Waals surface area contributed by atoms with Crippen LogP contribution in [0.25, 0.3) is 0 Å². The first kappa shape index (κ1) is 20.3. The second-order valence-corrected chi connectivity index (χ2v) is 9.91. The molecule has 0 unspecified atom stereocenters. The predicted molar refractivity (Wildman–Crippen MR) is 108 cm³/mol. The molecule has 1 aliphatic heterocycles. The molecule has 1 saturated heterocycles. The Labute approximate surface area is 168 Å². The van der Waals surface area contributed by atoms with E-state index in [4.69, 9.17) is 5.73 Å². The number of hydrogen-bond acceptors (Lipinski definition) is 5. The molecular formula is C18H22N4O4S2. The van der Waals surface area contributed by atoms with Crippen molar-refractivity contribution in [2.24, 2.45) is 5.73 Å². The molecule has 2 heterocycles. The number of benzene rings is 1. The average molecular weight is 423 g/mol. The number of hydrogen-bond donors (Lipinski definition) is 2. The van der Waals surface area contributed by atoms with Crippen molar-refractivity contribution in [2.45, 2.75) is 18.7 Å². The van der Waals surface area contributed by atoms with E-state index in [1.54, 1.807) is 42.2 Å². The van der Waals surface area contributed by atoms with Gasteiger partial charge in [-0.25, -0.2) is 13.2 Å². The Kier molecular flexibility index (Phi) is 5.73. The highest BCUT2D eigenvalue weighted by atomic mass is 32.2. The Morgan fingerprint density at radius 3 is 2.18 bits per heavy atom. The van der Waals surface area contributed by atoms with Crippen LogP contribution in [0.5, 0.6) is 0 Å². The monoisotopic (exact) mass is 422 g/mol. The molecule has 1 fully saturated rings. The first-order chi connectivity index (χ1) is 13.2. The van der Waals surface area contributed by atoms with Gasteiger partial charge < -0.3 is 16.0 Å². The molecule has 2 aromatic rings. The van der Waals surface area contributed by atoms with E-state index in [1.165, 1.54) is 15.6 Å². The highest BCUT2D eigenvalue weighted by Crippen LogP contribution is 2.28. The SMILES string of the molecule is Cc1cc(S(=O)(=O)N2CCN(C(=O)c3ccc(NC(N)=O)cc3)CC2)c(C)s1. The molecule has 0 bridgehead atoms. The summed E-state index contributed by atoms with van der Waals surface area (Å²) < 4.78 is 27.2. The third-order valence-corrected chi connectivity index (χ3v) is 7.66. The number of aryl methyl sites for hydroxylation is 2. The zero-order valence-corrected chi connectivity index (χ0v) is 17.3. The van der Waals surface area contributed by atoms with Gasteiger partial charge in [0.15, 0.2) is 0 Å². The summed E-state index contributed by atoms with van der Waals surface area (Å²) in [7, 11) is -3.55. The summed E-state index contributed by atoms with van der Waals surface area (Å²) in [6.07, 6.45) is 0. The number of piperazine rings is 1. The lowest BCUT2D eigenvalue weighted by molar-refractivity contribution is 0.0698. The normalized spacial score (nSPS) is 15.4. The summed E-state index contributed by atoms with van der Waals surface area (Å²) in [6, 6.07) is 7.44. The molecule has 3 N–H and O–H groups in total. The summed E-state index contributed by atoms with van der Waals surface area (Å²) in [5.74, 6) is -0.176. The molecule has 0 aliphatic carbocycles. The first-order valence-corrected chi connectivity index (χ1v) is 11.0. The van der Waals surface area contributed by atoms with Crippen LogP contribution in [0.1, 0.15) is 20.1 Å². The summed E-state index contributed by atoms with van der Waals surface area (Å²) in [5.41, 5.74) is 6.03. The molecule has 3 rings (SSSR count). The van der Waals surface area contributed by atoms with Gasteiger partial charge in [0.25, 0.3) is 5.91 Å². The number of urea groups is 1. The minimum absolute atomic E-state index is 0.176. The molecule has 0 atom stereocenters. The molecule has 0 spiro atoms. The molecule has 0 radical (unpaired) electrons. The first-order valence-electron chi connectivity index (χ1n) is 8.71. The van der Waals surface area contributed by atoms with E-state index in [-0.39, 0.29) is 19.0 Å². The number of rotatable bonds is 4. The summed E-state index contributed by atoms with van der Waals surface area (Å²) >= 11 is 1.46. The van der Waals surface area contributed by atoms with Crippen LogP contribution >= 0.6 is 11.3 Å². The molecule has 28 heavy (non-hydrogen) atoms. The van der Waals surface area contributed by atoms with E-state index in [1.807, 2.05) is 6.92 Å². The third-order valence-electron chi connectivity index (χ3n) is 4.54. The molecule has 0 saturated carbocycles. The number of carbonyl (C=O) groups is 2. The van der Waals surface area contributed by atoms with E-state index in [0.29, 0.717) is 29.2 Å². The van der Waals surface area contributed by atoms with Crippen LogP contribution in [0.15, 0.2) is 35.2 Å². The van der Waals surface area contributed by atoms with Crippen molar-refractivity contribution in [3.8, 4) is 0 Å². The highest BCUT2D eigenvalue weighted by molar-refractivity contribution is 7.89. The van der Waals surface area contributed by atoms with Crippen LogP contribution in [0, 0.1) is 13.8 Å². The van der Waals surface area contributed by atoms with Crippen LogP contribution < -0.4 is 11.1 Å². The van der Waals surface area contributed by atoms with Gasteiger partial charge >= 0.3 is 6.03 Å². The molecule has 10 heteroatoms. The highest BCUT2D eigenvalue weighted by Gasteiger charge is 2.32. The Morgan fingerprint density at radius 2 is 1.68 bits per heavy atom. The average Bonchev–Trinajstić information content (AvgIpc) is 3.00. The fraction of sp³-hybridized carbons (Fsp3) is 0.333. The zero-order chi connectivity index (χ0) is 20.5. The number of amides is 3. The van der Waals surface area contributed by atoms with E-state index in [2.05, 4.69) is 5.32 Å². The molecule has 3 amide bonds. The third kappa shape index (κ3) is 4.18. The smallest absolute Gasteiger partial charge is 0.316 e. The molecule has 1 aromatic carbocycles. The molecule has 1 aliphatic rings. The standard InChI is InChI=1S/C18H22N4O4S2/c1-12-11-16(13(2)27-12)28(25,26)22-9-7-21(8-10-22)17(23)14-3-5-15(6-4-14)20-18(19)24/h3-6,11H,7-10H2,1-2H3,(H3,19,20,24). The number of carbonyl (C=O) groups excluding carboxylic acids is 2. The number of anilines is 1. The van der Waals surface area contributed by atoms with E-state index < -0.39 is 16.1 Å². The van der Waals surface area contributed by atoms with Crippen molar-refractivity contribution in [3.63, 3.8) is 0 Å². The summed E-state index contributed by atoms with van der Waals surface area (Å²) in [6.45, 7) is 4.84. The Bertz CT molecular complexity index is 991. The summed E-state index contributed by atoms with van der Waals surface area (Å²) in [4.78, 5) is 27.2. The van der Waals surface area contributed by atoms with E-state index in [0.717, 1.165) is 9.75 Å². The lowest BCUT2D eigenvalue weighted by Gasteiger charge is -2.34. The second kappa shape index (κ2) is 7.90. The van der Waals surface area contributed by atoms with Crippen molar-refractivity contribution in [2.75, 3.05) is 31.5 Å². The minimum Gasteiger partial charge on any atom is -0.351 e. The lowest BCUT2D eigenvalue weighted by atomic mass is 10.1. The van der Waals surface area contributed by atoms with Crippen LogP contribution in [0.3, 0.4) is 0 Å². The quantitative estimate of drug-likeness (QED) is 0.784. The van der Waals surface area contributed by atoms with Gasteiger partial charge in [-0.1, -0.05) is 0 Å². The van der Waals surface area contributed by atoms with Gasteiger partial charge in [0, 0.05) is 47.2 Å². The van der Waals surface area contributed by atoms with Gasteiger partial charge in [0.2, 0.25) is 10.0 Å². The number of sulfonamides is 1. The largest absolute Gasteiger partial charge is 0.351 e. The van der Waals surface area contributed by atoms with Gasteiger partial charge in [-0.15, -0.1) is 11.3 Å². The predicted octanol–water partition coefficient (Wildman–Crippen LogP) is 2.00. The molecular weight excluding hydrogens is 400 g/mol. The van der Waals surface area contributed by atoms with Crippen molar-refractivity contribution in [1.29, 1.82) is 0 Å². The van der Waals surface area contributed by atoms with Gasteiger partial charge in [-0.2, -0.15) is 4.31 Å². The van der Waals surface area contributed by atoms with Crippen LogP contribution in [0.4, 0.5) is 10.5 Å². The van der Waals surface area contributed by atoms with E-state index >= 15 is 0 Å².